The van der Waals surface area contributed by atoms with Gasteiger partial charge >= 0.3 is 0 Å². The summed E-state index contributed by atoms with van der Waals surface area (Å²) in [6, 6.07) is 0. The van der Waals surface area contributed by atoms with Crippen LogP contribution in [0.2, 0.25) is 0 Å². The predicted octanol–water partition coefficient (Wildman–Crippen LogP) is 0.658. The fourth-order valence-corrected chi connectivity index (χ4v) is 1.68. The van der Waals surface area contributed by atoms with E-state index >= 15 is 0 Å². The smallest absolute Gasteiger partial charge is 0.171 e. The molecule has 76 valence electrons. The second-order valence-corrected chi connectivity index (χ2v) is 3.63. The van der Waals surface area contributed by atoms with Gasteiger partial charge in [-0.2, -0.15) is 0 Å². The van der Waals surface area contributed by atoms with Crippen molar-refractivity contribution >= 4 is 6.29 Å². The van der Waals surface area contributed by atoms with Crippen molar-refractivity contribution in [3.63, 3.8) is 0 Å². The Morgan fingerprint density at radius 1 is 1.71 bits per heavy atom. The molecule has 1 aromatic rings. The van der Waals surface area contributed by atoms with E-state index in [9.17, 15) is 4.79 Å². The highest BCUT2D eigenvalue weighted by atomic mass is 16.5. The van der Waals surface area contributed by atoms with Gasteiger partial charge < -0.3 is 4.74 Å². The number of aromatic nitrogens is 3. The molecule has 0 N–H and O–H groups in total. The lowest BCUT2D eigenvalue weighted by Gasteiger charge is -2.09. The first-order valence-corrected chi connectivity index (χ1v) is 4.78. The minimum absolute atomic E-state index is 0.214. The number of ether oxygens (including phenoxy) is 1. The lowest BCUT2D eigenvalue weighted by atomic mass is 10.2. The van der Waals surface area contributed by atoms with Crippen molar-refractivity contribution < 1.29 is 9.53 Å². The van der Waals surface area contributed by atoms with Crippen LogP contribution < -0.4 is 0 Å². The number of aldehydes is 1. The lowest BCUT2D eigenvalue weighted by molar-refractivity contribution is 0.0433. The largest absolute Gasteiger partial charge is 0.373 e. The second-order valence-electron chi connectivity index (χ2n) is 3.63. The molecule has 1 aliphatic heterocycles. The van der Waals surface area contributed by atoms with Crippen molar-refractivity contribution in [2.45, 2.75) is 38.5 Å². The Labute approximate surface area is 82.1 Å². The summed E-state index contributed by atoms with van der Waals surface area (Å²) in [5, 5.41) is 7.52. The van der Waals surface area contributed by atoms with Crippen LogP contribution in [-0.2, 0) is 11.3 Å². The van der Waals surface area contributed by atoms with E-state index in [1.807, 2.05) is 0 Å². The molecule has 0 spiro atoms. The molecular formula is C9H13N3O2. The maximum Gasteiger partial charge on any atom is 0.171 e. The van der Waals surface area contributed by atoms with Crippen molar-refractivity contribution in [2.75, 3.05) is 0 Å². The Morgan fingerprint density at radius 2 is 2.57 bits per heavy atom. The van der Waals surface area contributed by atoms with Crippen LogP contribution in [-0.4, -0.2) is 33.5 Å². The van der Waals surface area contributed by atoms with Crippen molar-refractivity contribution in [1.82, 2.24) is 15.0 Å². The molecule has 5 heteroatoms. The third-order valence-corrected chi connectivity index (χ3v) is 2.39. The van der Waals surface area contributed by atoms with E-state index in [4.69, 9.17) is 4.74 Å². The van der Waals surface area contributed by atoms with Gasteiger partial charge in [0.2, 0.25) is 0 Å². The van der Waals surface area contributed by atoms with Crippen LogP contribution in [0.1, 0.15) is 30.3 Å². The molecule has 1 fully saturated rings. The van der Waals surface area contributed by atoms with Crippen LogP contribution in [0.4, 0.5) is 0 Å². The molecule has 0 saturated carbocycles. The zero-order valence-corrected chi connectivity index (χ0v) is 8.09. The highest BCUT2D eigenvalue weighted by molar-refractivity contribution is 5.70. The Kier molecular flexibility index (Phi) is 2.58. The van der Waals surface area contributed by atoms with Crippen LogP contribution in [0.5, 0.6) is 0 Å². The van der Waals surface area contributed by atoms with Gasteiger partial charge in [-0.05, 0) is 19.8 Å². The summed E-state index contributed by atoms with van der Waals surface area (Å²) in [4.78, 5) is 10.4. The molecule has 2 atom stereocenters. The summed E-state index contributed by atoms with van der Waals surface area (Å²) in [6.45, 7) is 2.75. The monoisotopic (exact) mass is 195 g/mol. The minimum Gasteiger partial charge on any atom is -0.373 e. The summed E-state index contributed by atoms with van der Waals surface area (Å²) in [7, 11) is 0. The predicted molar refractivity (Wildman–Crippen MR) is 49.0 cm³/mol. The summed E-state index contributed by atoms with van der Waals surface area (Å²) < 4.78 is 7.29. The zero-order valence-electron chi connectivity index (χ0n) is 8.09. The molecule has 1 saturated heterocycles. The molecule has 2 heterocycles. The molecule has 14 heavy (non-hydrogen) atoms. The first-order valence-electron chi connectivity index (χ1n) is 4.78. The Balaban J connectivity index is 1.93. The molecule has 5 nitrogen and oxygen atoms in total. The normalized spacial score (nSPS) is 26.6. The van der Waals surface area contributed by atoms with Gasteiger partial charge in [0.25, 0.3) is 0 Å². The van der Waals surface area contributed by atoms with E-state index in [-0.39, 0.29) is 6.10 Å². The van der Waals surface area contributed by atoms with Gasteiger partial charge in [0.05, 0.1) is 24.9 Å². The van der Waals surface area contributed by atoms with E-state index < -0.39 is 0 Å². The topological polar surface area (TPSA) is 57.0 Å². The molecule has 0 aromatic carbocycles. The van der Waals surface area contributed by atoms with Gasteiger partial charge in [-0.25, -0.2) is 4.68 Å². The van der Waals surface area contributed by atoms with E-state index in [0.29, 0.717) is 24.6 Å². The highest BCUT2D eigenvalue weighted by Crippen LogP contribution is 2.19. The number of carbonyl (C=O) groups excluding carboxylic acids is 1. The molecular weight excluding hydrogens is 182 g/mol. The molecule has 0 amide bonds. The molecule has 1 aromatic heterocycles. The van der Waals surface area contributed by atoms with Crippen molar-refractivity contribution in [1.29, 1.82) is 0 Å². The Morgan fingerprint density at radius 3 is 3.14 bits per heavy atom. The van der Waals surface area contributed by atoms with Gasteiger partial charge in [-0.1, -0.05) is 5.21 Å². The SMILES string of the molecule is CC1CCC(Cn2cc(C=O)nn2)O1. The standard InChI is InChI=1S/C9H13N3O2/c1-7-2-3-9(14-7)5-12-4-8(6-13)10-11-12/h4,6-7,9H,2-3,5H2,1H3. The average molecular weight is 195 g/mol. The number of carbonyl (C=O) groups is 1. The fourth-order valence-electron chi connectivity index (χ4n) is 1.68. The second kappa shape index (κ2) is 3.88. The third kappa shape index (κ3) is 1.98. The van der Waals surface area contributed by atoms with Crippen molar-refractivity contribution in [2.24, 2.45) is 0 Å². The fraction of sp³-hybridized carbons (Fsp3) is 0.667. The van der Waals surface area contributed by atoms with Gasteiger partial charge in [0, 0.05) is 0 Å². The number of hydrogen-bond acceptors (Lipinski definition) is 4. The first-order chi connectivity index (χ1) is 6.78. The number of nitrogens with zero attached hydrogens (tertiary/aromatic N) is 3. The Hall–Kier alpha value is -1.23. The molecule has 0 bridgehead atoms. The lowest BCUT2D eigenvalue weighted by Crippen LogP contribution is -2.16. The Bertz CT molecular complexity index is 324. The maximum atomic E-state index is 10.4. The average Bonchev–Trinajstić information content (AvgIpc) is 2.76. The van der Waals surface area contributed by atoms with Crippen molar-refractivity contribution in [3.05, 3.63) is 11.9 Å². The highest BCUT2D eigenvalue weighted by Gasteiger charge is 2.22. The van der Waals surface area contributed by atoms with Gasteiger partial charge in [0.1, 0.15) is 5.69 Å². The van der Waals surface area contributed by atoms with Gasteiger partial charge in [0.15, 0.2) is 6.29 Å². The molecule has 1 aliphatic rings. The van der Waals surface area contributed by atoms with Crippen LogP contribution in [0.25, 0.3) is 0 Å². The van der Waals surface area contributed by atoms with E-state index in [1.54, 1.807) is 10.9 Å². The van der Waals surface area contributed by atoms with Crippen LogP contribution in [0.3, 0.4) is 0 Å². The van der Waals surface area contributed by atoms with Crippen LogP contribution in [0.15, 0.2) is 6.20 Å². The van der Waals surface area contributed by atoms with Gasteiger partial charge in [-0.3, -0.25) is 4.79 Å². The quantitative estimate of drug-likeness (QED) is 0.665. The van der Waals surface area contributed by atoms with Crippen LogP contribution >= 0.6 is 0 Å². The summed E-state index contributed by atoms with van der Waals surface area (Å²) in [5.41, 5.74) is 0.371. The summed E-state index contributed by atoms with van der Waals surface area (Å²) >= 11 is 0. The molecule has 0 radical (unpaired) electrons. The minimum atomic E-state index is 0.214. The maximum absolute atomic E-state index is 10.4. The zero-order chi connectivity index (χ0) is 9.97. The summed E-state index contributed by atoms with van der Waals surface area (Å²) in [5.74, 6) is 0. The molecule has 2 unspecified atom stereocenters. The van der Waals surface area contributed by atoms with Crippen molar-refractivity contribution in [3.8, 4) is 0 Å². The van der Waals surface area contributed by atoms with E-state index in [2.05, 4.69) is 17.2 Å². The number of rotatable bonds is 3. The molecule has 2 rings (SSSR count). The van der Waals surface area contributed by atoms with E-state index in [0.717, 1.165) is 12.8 Å². The van der Waals surface area contributed by atoms with E-state index in [1.165, 1.54) is 0 Å². The number of hydrogen-bond donors (Lipinski definition) is 0. The van der Waals surface area contributed by atoms with Gasteiger partial charge in [-0.15, -0.1) is 5.10 Å². The summed E-state index contributed by atoms with van der Waals surface area (Å²) in [6.07, 6.45) is 5.04. The molecule has 0 aliphatic carbocycles. The third-order valence-electron chi connectivity index (χ3n) is 2.39. The van der Waals surface area contributed by atoms with Crippen LogP contribution in [0, 0.1) is 0 Å². The first kappa shape index (κ1) is 9.33.